The summed E-state index contributed by atoms with van der Waals surface area (Å²) < 4.78 is 1.69. The van der Waals surface area contributed by atoms with Crippen LogP contribution < -0.4 is 0 Å². The van der Waals surface area contributed by atoms with Gasteiger partial charge in [0.2, 0.25) is 0 Å². The van der Waals surface area contributed by atoms with E-state index in [9.17, 15) is 0 Å². The number of halogens is 1. The predicted molar refractivity (Wildman–Crippen MR) is 72.1 cm³/mol. The molecule has 0 amide bonds. The normalized spacial score (nSPS) is 10.7. The smallest absolute Gasteiger partial charge is 0.136 e. The van der Waals surface area contributed by atoms with Crippen LogP contribution in [0.5, 0.6) is 0 Å². The zero-order valence-electron chi connectivity index (χ0n) is 10.6. The van der Waals surface area contributed by atoms with E-state index in [2.05, 4.69) is 25.0 Å². The van der Waals surface area contributed by atoms with Crippen LogP contribution in [-0.4, -0.2) is 9.78 Å². The van der Waals surface area contributed by atoms with Crippen LogP contribution in [0.4, 0.5) is 0 Å². The first-order chi connectivity index (χ1) is 8.54. The molecule has 92 valence electrons. The number of hydrogen-bond acceptors (Lipinski definition) is 2. The quantitative estimate of drug-likeness (QED) is 0.822. The van der Waals surface area contributed by atoms with E-state index in [1.54, 1.807) is 16.8 Å². The van der Waals surface area contributed by atoms with Gasteiger partial charge in [0.05, 0.1) is 23.0 Å². The van der Waals surface area contributed by atoms with Crippen LogP contribution in [0.1, 0.15) is 36.6 Å². The van der Waals surface area contributed by atoms with E-state index in [1.807, 2.05) is 19.1 Å². The molecule has 0 aliphatic rings. The van der Waals surface area contributed by atoms with Crippen LogP contribution in [-0.2, 0) is 0 Å². The second-order valence-corrected chi connectivity index (χ2v) is 4.88. The highest BCUT2D eigenvalue weighted by atomic mass is 35.5. The third-order valence-electron chi connectivity index (χ3n) is 2.85. The number of aromatic nitrogens is 2. The molecule has 1 heterocycles. The lowest BCUT2D eigenvalue weighted by Gasteiger charge is -2.05. The maximum atomic E-state index is 8.91. The van der Waals surface area contributed by atoms with Crippen molar-refractivity contribution < 1.29 is 0 Å². The summed E-state index contributed by atoms with van der Waals surface area (Å²) in [7, 11) is 0. The number of rotatable bonds is 2. The SMILES string of the molecule is Cc1nn(-c2cccc(C#N)c2)c(Cl)c1C(C)C. The van der Waals surface area contributed by atoms with Gasteiger partial charge in [0.25, 0.3) is 0 Å². The van der Waals surface area contributed by atoms with Gasteiger partial charge in [-0.05, 0) is 31.0 Å². The minimum atomic E-state index is 0.324. The molecule has 0 atom stereocenters. The second-order valence-electron chi connectivity index (χ2n) is 4.52. The monoisotopic (exact) mass is 259 g/mol. The topological polar surface area (TPSA) is 41.6 Å². The van der Waals surface area contributed by atoms with Crippen molar-refractivity contribution in [3.05, 3.63) is 46.2 Å². The molecule has 0 unspecified atom stereocenters. The van der Waals surface area contributed by atoms with Crippen molar-refractivity contribution in [2.75, 3.05) is 0 Å². The third kappa shape index (κ3) is 2.12. The summed E-state index contributed by atoms with van der Waals surface area (Å²) >= 11 is 6.37. The molecule has 1 aromatic heterocycles. The van der Waals surface area contributed by atoms with Gasteiger partial charge in [-0.1, -0.05) is 31.5 Å². The summed E-state index contributed by atoms with van der Waals surface area (Å²) in [6.45, 7) is 6.13. The minimum Gasteiger partial charge on any atom is -0.222 e. The van der Waals surface area contributed by atoms with Crippen molar-refractivity contribution in [1.82, 2.24) is 9.78 Å². The second kappa shape index (κ2) is 4.83. The van der Waals surface area contributed by atoms with Gasteiger partial charge in [0, 0.05) is 5.56 Å². The van der Waals surface area contributed by atoms with Crippen LogP contribution >= 0.6 is 11.6 Å². The summed E-state index contributed by atoms with van der Waals surface area (Å²) in [6.07, 6.45) is 0. The molecule has 0 spiro atoms. The van der Waals surface area contributed by atoms with Gasteiger partial charge in [-0.25, -0.2) is 4.68 Å². The molecule has 0 aliphatic heterocycles. The number of hydrogen-bond donors (Lipinski definition) is 0. The lowest BCUT2D eigenvalue weighted by molar-refractivity contribution is 0.857. The van der Waals surface area contributed by atoms with E-state index < -0.39 is 0 Å². The molecule has 0 bridgehead atoms. The highest BCUT2D eigenvalue weighted by Gasteiger charge is 2.17. The van der Waals surface area contributed by atoms with Gasteiger partial charge in [-0.3, -0.25) is 0 Å². The van der Waals surface area contributed by atoms with Crippen molar-refractivity contribution in [3.8, 4) is 11.8 Å². The molecule has 0 radical (unpaired) electrons. The van der Waals surface area contributed by atoms with Crippen LogP contribution in [0.25, 0.3) is 5.69 Å². The van der Waals surface area contributed by atoms with Crippen LogP contribution in [0.15, 0.2) is 24.3 Å². The van der Waals surface area contributed by atoms with Crippen molar-refractivity contribution in [2.24, 2.45) is 0 Å². The Labute approximate surface area is 112 Å². The molecule has 0 fully saturated rings. The zero-order chi connectivity index (χ0) is 13.3. The fourth-order valence-corrected chi connectivity index (χ4v) is 2.54. The fraction of sp³-hybridized carbons (Fsp3) is 0.286. The van der Waals surface area contributed by atoms with Crippen molar-refractivity contribution in [3.63, 3.8) is 0 Å². The van der Waals surface area contributed by atoms with Gasteiger partial charge in [-0.15, -0.1) is 0 Å². The summed E-state index contributed by atoms with van der Waals surface area (Å²) in [6, 6.07) is 9.38. The third-order valence-corrected chi connectivity index (χ3v) is 3.21. The van der Waals surface area contributed by atoms with E-state index in [0.717, 1.165) is 16.9 Å². The Morgan fingerprint density at radius 3 is 2.67 bits per heavy atom. The van der Waals surface area contributed by atoms with E-state index in [4.69, 9.17) is 16.9 Å². The maximum Gasteiger partial charge on any atom is 0.136 e. The first-order valence-electron chi connectivity index (χ1n) is 5.80. The summed E-state index contributed by atoms with van der Waals surface area (Å²) in [5.41, 5.74) is 3.40. The average Bonchev–Trinajstić information content (AvgIpc) is 2.65. The standard InChI is InChI=1S/C14H14ClN3/c1-9(2)13-10(3)17-18(14(13)15)12-6-4-5-11(7-12)8-16/h4-7,9H,1-3H3. The van der Waals surface area contributed by atoms with E-state index in [0.29, 0.717) is 16.6 Å². The Kier molecular flexibility index (Phi) is 3.40. The number of benzene rings is 1. The molecular weight excluding hydrogens is 246 g/mol. The van der Waals surface area contributed by atoms with Crippen LogP contribution in [0.2, 0.25) is 5.15 Å². The highest BCUT2D eigenvalue weighted by Crippen LogP contribution is 2.29. The van der Waals surface area contributed by atoms with Gasteiger partial charge in [-0.2, -0.15) is 10.4 Å². The zero-order valence-corrected chi connectivity index (χ0v) is 11.4. The Balaban J connectivity index is 2.58. The summed E-state index contributed by atoms with van der Waals surface area (Å²) in [5, 5.41) is 14.0. The Hall–Kier alpha value is -1.79. The van der Waals surface area contributed by atoms with Crippen molar-refractivity contribution in [1.29, 1.82) is 5.26 Å². The Morgan fingerprint density at radius 2 is 2.11 bits per heavy atom. The summed E-state index contributed by atoms with van der Waals surface area (Å²) in [5.74, 6) is 0.324. The molecule has 0 N–H and O–H groups in total. The molecule has 0 aliphatic carbocycles. The lowest BCUT2D eigenvalue weighted by atomic mass is 10.1. The molecule has 4 heteroatoms. The highest BCUT2D eigenvalue weighted by molar-refractivity contribution is 6.30. The van der Waals surface area contributed by atoms with Crippen molar-refractivity contribution >= 4 is 11.6 Å². The molecule has 2 rings (SSSR count). The largest absolute Gasteiger partial charge is 0.222 e. The van der Waals surface area contributed by atoms with Crippen molar-refractivity contribution in [2.45, 2.75) is 26.7 Å². The molecule has 2 aromatic rings. The molecule has 18 heavy (non-hydrogen) atoms. The van der Waals surface area contributed by atoms with Gasteiger partial charge >= 0.3 is 0 Å². The molecule has 1 aromatic carbocycles. The van der Waals surface area contributed by atoms with E-state index >= 15 is 0 Å². The number of nitrogens with zero attached hydrogens (tertiary/aromatic N) is 3. The first-order valence-corrected chi connectivity index (χ1v) is 6.18. The minimum absolute atomic E-state index is 0.324. The number of nitriles is 1. The lowest BCUT2D eigenvalue weighted by Crippen LogP contribution is -1.97. The first kappa shape index (κ1) is 12.7. The van der Waals surface area contributed by atoms with E-state index in [1.165, 1.54) is 0 Å². The van der Waals surface area contributed by atoms with Gasteiger partial charge in [0.15, 0.2) is 0 Å². The molecule has 0 saturated heterocycles. The maximum absolute atomic E-state index is 8.91. The van der Waals surface area contributed by atoms with E-state index in [-0.39, 0.29) is 0 Å². The molecular formula is C14H14ClN3. The number of aryl methyl sites for hydroxylation is 1. The Morgan fingerprint density at radius 1 is 1.39 bits per heavy atom. The predicted octanol–water partition coefficient (Wildman–Crippen LogP) is 3.83. The van der Waals surface area contributed by atoms with Gasteiger partial charge < -0.3 is 0 Å². The van der Waals surface area contributed by atoms with Gasteiger partial charge in [0.1, 0.15) is 5.15 Å². The molecule has 3 nitrogen and oxygen atoms in total. The van der Waals surface area contributed by atoms with Crippen LogP contribution in [0.3, 0.4) is 0 Å². The fourth-order valence-electron chi connectivity index (χ4n) is 2.05. The Bertz CT molecular complexity index is 620. The summed E-state index contributed by atoms with van der Waals surface area (Å²) in [4.78, 5) is 0. The average molecular weight is 260 g/mol. The molecule has 0 saturated carbocycles. The van der Waals surface area contributed by atoms with Crippen LogP contribution in [0, 0.1) is 18.3 Å².